The molecular formula is C12H28O7P2. The maximum Gasteiger partial charge on any atom is 0.470 e. The Morgan fingerprint density at radius 2 is 1.24 bits per heavy atom. The molecule has 0 heterocycles. The molecular weight excluding hydrogens is 318 g/mol. The van der Waals surface area contributed by atoms with Gasteiger partial charge in [-0.15, -0.1) is 0 Å². The summed E-state index contributed by atoms with van der Waals surface area (Å²) in [5, 5.41) is 0. The molecule has 7 nitrogen and oxygen atoms in total. The molecule has 0 radical (unpaired) electrons. The second-order valence-electron chi connectivity index (χ2n) is 5.26. The Morgan fingerprint density at radius 3 is 1.62 bits per heavy atom. The fourth-order valence-electron chi connectivity index (χ4n) is 2.07. The monoisotopic (exact) mass is 346 g/mol. The van der Waals surface area contributed by atoms with E-state index in [1.165, 1.54) is 25.7 Å². The Balaban J connectivity index is 3.80. The average Bonchev–Trinajstić information content (AvgIpc) is 2.32. The van der Waals surface area contributed by atoms with Gasteiger partial charge in [-0.25, -0.2) is 4.57 Å². The van der Waals surface area contributed by atoms with Crippen molar-refractivity contribution in [1.82, 2.24) is 0 Å². The van der Waals surface area contributed by atoms with E-state index in [9.17, 15) is 9.13 Å². The highest BCUT2D eigenvalue weighted by Crippen LogP contribution is 2.52. The van der Waals surface area contributed by atoms with Crippen LogP contribution < -0.4 is 0 Å². The molecule has 0 rings (SSSR count). The van der Waals surface area contributed by atoms with E-state index in [4.69, 9.17) is 19.6 Å². The second-order valence-corrected chi connectivity index (χ2v) is 8.20. The van der Waals surface area contributed by atoms with Crippen molar-refractivity contribution in [2.45, 2.75) is 77.0 Å². The van der Waals surface area contributed by atoms with Crippen LogP contribution in [0.4, 0.5) is 0 Å². The summed E-state index contributed by atoms with van der Waals surface area (Å²) in [5.41, 5.74) is 0. The molecule has 21 heavy (non-hydrogen) atoms. The van der Waals surface area contributed by atoms with Crippen LogP contribution in [-0.2, 0) is 13.7 Å². The predicted molar refractivity (Wildman–Crippen MR) is 80.8 cm³/mol. The zero-order chi connectivity index (χ0) is 16.4. The lowest BCUT2D eigenvalue weighted by atomic mass is 10.1. The van der Waals surface area contributed by atoms with Crippen molar-refractivity contribution in [2.75, 3.05) is 0 Å². The molecule has 1 unspecified atom stereocenters. The number of phosphoric acid groups is 1. The van der Waals surface area contributed by atoms with Crippen molar-refractivity contribution in [1.29, 1.82) is 0 Å². The molecule has 1 atom stereocenters. The molecule has 0 aromatic carbocycles. The van der Waals surface area contributed by atoms with Crippen molar-refractivity contribution in [2.24, 2.45) is 0 Å². The predicted octanol–water partition coefficient (Wildman–Crippen LogP) is 3.52. The summed E-state index contributed by atoms with van der Waals surface area (Å²) in [6, 6.07) is 0. The lowest BCUT2D eigenvalue weighted by molar-refractivity contribution is 0.147. The van der Waals surface area contributed by atoms with Gasteiger partial charge in [-0.1, -0.05) is 64.7 Å². The van der Waals surface area contributed by atoms with Crippen molar-refractivity contribution in [3.05, 3.63) is 0 Å². The molecule has 0 fully saturated rings. The van der Waals surface area contributed by atoms with Crippen LogP contribution in [0.15, 0.2) is 0 Å². The smallest absolute Gasteiger partial charge is 0.323 e. The molecule has 0 saturated carbocycles. The Hall–Kier alpha value is 0.260. The number of hydrogen-bond acceptors (Lipinski definition) is 3. The minimum absolute atomic E-state index is 0.0504. The van der Waals surface area contributed by atoms with Crippen LogP contribution in [0.5, 0.6) is 0 Å². The highest BCUT2D eigenvalue weighted by molar-refractivity contribution is 7.53. The summed E-state index contributed by atoms with van der Waals surface area (Å²) in [5.74, 6) is -1.72. The van der Waals surface area contributed by atoms with E-state index in [1.807, 2.05) is 0 Å². The van der Waals surface area contributed by atoms with Gasteiger partial charge in [-0.05, 0) is 6.42 Å². The molecule has 0 amide bonds. The Labute approximate surface area is 126 Å². The lowest BCUT2D eigenvalue weighted by Gasteiger charge is -2.19. The third-order valence-electron chi connectivity index (χ3n) is 3.19. The topological polar surface area (TPSA) is 124 Å². The number of hydrogen-bond donors (Lipinski definition) is 4. The summed E-state index contributed by atoms with van der Waals surface area (Å²) in [7, 11) is -9.55. The summed E-state index contributed by atoms with van der Waals surface area (Å²) in [4.78, 5) is 35.3. The third-order valence-corrected chi connectivity index (χ3v) is 5.00. The fourth-order valence-corrected chi connectivity index (χ4v) is 3.87. The van der Waals surface area contributed by atoms with Crippen molar-refractivity contribution in [3.8, 4) is 0 Å². The molecule has 0 spiro atoms. The molecule has 0 bridgehead atoms. The van der Waals surface area contributed by atoms with Gasteiger partial charge in [0.1, 0.15) is 0 Å². The molecule has 0 aliphatic rings. The highest BCUT2D eigenvalue weighted by Gasteiger charge is 2.35. The minimum atomic E-state index is -4.89. The van der Waals surface area contributed by atoms with Gasteiger partial charge in [0.25, 0.3) is 0 Å². The van der Waals surface area contributed by atoms with E-state index in [0.29, 0.717) is 6.42 Å². The van der Waals surface area contributed by atoms with Crippen molar-refractivity contribution >= 4 is 15.4 Å². The number of unbranched alkanes of at least 4 members (excludes halogenated alkanes) is 8. The van der Waals surface area contributed by atoms with E-state index in [1.54, 1.807) is 0 Å². The van der Waals surface area contributed by atoms with E-state index >= 15 is 0 Å². The molecule has 0 saturated heterocycles. The summed E-state index contributed by atoms with van der Waals surface area (Å²) in [6.07, 6.45) is 9.30. The number of rotatable bonds is 13. The van der Waals surface area contributed by atoms with Crippen LogP contribution >= 0.6 is 15.4 Å². The normalized spacial score (nSPS) is 14.3. The third kappa shape index (κ3) is 13.6. The summed E-state index contributed by atoms with van der Waals surface area (Å²) < 4.78 is 26.0. The maximum atomic E-state index is 11.1. The van der Waals surface area contributed by atoms with E-state index in [0.717, 1.165) is 25.7 Å². The largest absolute Gasteiger partial charge is 0.470 e. The molecule has 4 N–H and O–H groups in total. The zero-order valence-corrected chi connectivity index (χ0v) is 14.3. The van der Waals surface area contributed by atoms with Crippen LogP contribution in [0.25, 0.3) is 0 Å². The molecule has 0 aliphatic heterocycles. The van der Waals surface area contributed by atoms with Gasteiger partial charge in [0.2, 0.25) is 0 Å². The SMILES string of the molecule is CCCCCCCCCCCC(OP(=O)(O)O)P(=O)(O)O. The Bertz CT molecular complexity index is 350. The van der Waals surface area contributed by atoms with Gasteiger partial charge in [-0.3, -0.25) is 9.09 Å². The van der Waals surface area contributed by atoms with Gasteiger partial charge in [-0.2, -0.15) is 0 Å². The minimum Gasteiger partial charge on any atom is -0.323 e. The fraction of sp³-hybridized carbons (Fsp3) is 1.00. The standard InChI is InChI=1S/C12H28O7P2/c1-2-3-4-5-6-7-8-9-10-11-12(20(13,14)15)19-21(16,17)18/h12H,2-11H2,1H3,(H2,13,14,15)(H2,16,17,18). The van der Waals surface area contributed by atoms with Gasteiger partial charge in [0.15, 0.2) is 5.85 Å². The Morgan fingerprint density at radius 1 is 0.810 bits per heavy atom. The first-order chi connectivity index (χ1) is 9.67. The zero-order valence-electron chi connectivity index (χ0n) is 12.6. The molecule has 9 heteroatoms. The summed E-state index contributed by atoms with van der Waals surface area (Å²) in [6.45, 7) is 2.16. The lowest BCUT2D eigenvalue weighted by Crippen LogP contribution is -2.12. The summed E-state index contributed by atoms with van der Waals surface area (Å²) >= 11 is 0. The first kappa shape index (κ1) is 21.3. The van der Waals surface area contributed by atoms with Gasteiger partial charge in [0.05, 0.1) is 0 Å². The Kier molecular flexibility index (Phi) is 11.0. The molecule has 0 aromatic heterocycles. The van der Waals surface area contributed by atoms with Crippen LogP contribution in [0, 0.1) is 0 Å². The van der Waals surface area contributed by atoms with Crippen LogP contribution in [-0.4, -0.2) is 25.4 Å². The second kappa shape index (κ2) is 10.9. The molecule has 0 aliphatic carbocycles. The highest BCUT2D eigenvalue weighted by atomic mass is 31.2. The van der Waals surface area contributed by atoms with Crippen molar-refractivity contribution < 1.29 is 33.2 Å². The van der Waals surface area contributed by atoms with Crippen molar-refractivity contribution in [3.63, 3.8) is 0 Å². The van der Waals surface area contributed by atoms with Gasteiger partial charge in [0, 0.05) is 0 Å². The first-order valence-electron chi connectivity index (χ1n) is 7.46. The average molecular weight is 346 g/mol. The van der Waals surface area contributed by atoms with E-state index in [2.05, 4.69) is 11.4 Å². The first-order valence-corrected chi connectivity index (χ1v) is 10.7. The molecule has 0 aromatic rings. The quantitative estimate of drug-likeness (QED) is 0.297. The van der Waals surface area contributed by atoms with E-state index in [-0.39, 0.29) is 6.42 Å². The molecule has 128 valence electrons. The van der Waals surface area contributed by atoms with Gasteiger partial charge >= 0.3 is 15.4 Å². The van der Waals surface area contributed by atoms with E-state index < -0.39 is 21.3 Å². The van der Waals surface area contributed by atoms with Crippen LogP contribution in [0.3, 0.4) is 0 Å². The maximum absolute atomic E-state index is 11.1. The van der Waals surface area contributed by atoms with Crippen LogP contribution in [0.1, 0.15) is 71.1 Å². The number of phosphoric ester groups is 1. The van der Waals surface area contributed by atoms with Gasteiger partial charge < -0.3 is 19.6 Å². The van der Waals surface area contributed by atoms with Crippen LogP contribution in [0.2, 0.25) is 0 Å².